The number of nitrogens with zero attached hydrogens (tertiary/aromatic N) is 4. The van der Waals surface area contributed by atoms with Gasteiger partial charge in [-0.15, -0.1) is 0 Å². The van der Waals surface area contributed by atoms with Gasteiger partial charge in [-0.3, -0.25) is 4.98 Å². The lowest BCUT2D eigenvalue weighted by atomic mass is 10.4. The Morgan fingerprint density at radius 1 is 1.60 bits per heavy atom. The maximum absolute atomic E-state index is 8.51. The second-order valence-electron chi connectivity index (χ2n) is 2.89. The molecule has 0 aromatic carbocycles. The first-order chi connectivity index (χ1) is 7.31. The van der Waals surface area contributed by atoms with Crippen molar-refractivity contribution in [3.63, 3.8) is 0 Å². The van der Waals surface area contributed by atoms with Crippen LogP contribution >= 0.6 is 0 Å². The fraction of sp³-hybridized carbons (Fsp3) is 0.444. The van der Waals surface area contributed by atoms with Gasteiger partial charge in [0.05, 0.1) is 24.9 Å². The van der Waals surface area contributed by atoms with Crippen molar-refractivity contribution >= 4 is 11.6 Å². The van der Waals surface area contributed by atoms with Crippen molar-refractivity contribution in [3.05, 3.63) is 12.4 Å². The van der Waals surface area contributed by atoms with Gasteiger partial charge in [0.1, 0.15) is 5.82 Å². The van der Waals surface area contributed by atoms with Crippen molar-refractivity contribution < 1.29 is 0 Å². The van der Waals surface area contributed by atoms with Crippen LogP contribution < -0.4 is 16.2 Å². The van der Waals surface area contributed by atoms with E-state index in [4.69, 9.17) is 11.1 Å². The molecule has 15 heavy (non-hydrogen) atoms. The molecule has 0 atom stereocenters. The predicted octanol–water partition coefficient (Wildman–Crippen LogP) is 0.502. The molecule has 0 saturated carbocycles. The van der Waals surface area contributed by atoms with Gasteiger partial charge in [-0.2, -0.15) is 5.26 Å². The third kappa shape index (κ3) is 3.07. The fourth-order valence-electron chi connectivity index (χ4n) is 1.20. The molecular weight excluding hydrogens is 192 g/mol. The largest absolute Gasteiger partial charge is 0.355 e. The number of rotatable bonds is 5. The van der Waals surface area contributed by atoms with Gasteiger partial charge in [0.2, 0.25) is 0 Å². The van der Waals surface area contributed by atoms with Crippen LogP contribution in [0.1, 0.15) is 13.3 Å². The lowest BCUT2D eigenvalue weighted by molar-refractivity contribution is 0.807. The molecule has 1 heterocycles. The summed E-state index contributed by atoms with van der Waals surface area (Å²) in [4.78, 5) is 10.2. The van der Waals surface area contributed by atoms with Crippen LogP contribution in [0.25, 0.3) is 0 Å². The number of nitrogens with two attached hydrogens (primary N) is 1. The molecule has 0 fully saturated rings. The van der Waals surface area contributed by atoms with Gasteiger partial charge in [0.15, 0.2) is 5.82 Å². The molecule has 6 heteroatoms. The summed E-state index contributed by atoms with van der Waals surface area (Å²) in [7, 11) is 0. The maximum Gasteiger partial charge on any atom is 0.160 e. The van der Waals surface area contributed by atoms with Gasteiger partial charge in [-0.05, 0) is 6.92 Å². The molecule has 0 spiro atoms. The van der Waals surface area contributed by atoms with Gasteiger partial charge < -0.3 is 10.3 Å². The van der Waals surface area contributed by atoms with Crippen molar-refractivity contribution in [2.24, 2.45) is 5.84 Å². The van der Waals surface area contributed by atoms with Crippen molar-refractivity contribution in [1.82, 2.24) is 9.97 Å². The van der Waals surface area contributed by atoms with Gasteiger partial charge in [-0.1, -0.05) is 0 Å². The molecule has 80 valence electrons. The number of anilines is 2. The van der Waals surface area contributed by atoms with E-state index in [1.807, 2.05) is 11.8 Å². The van der Waals surface area contributed by atoms with E-state index in [9.17, 15) is 0 Å². The number of hydrogen-bond donors (Lipinski definition) is 2. The average molecular weight is 206 g/mol. The van der Waals surface area contributed by atoms with Crippen LogP contribution in [0.5, 0.6) is 0 Å². The first-order valence-electron chi connectivity index (χ1n) is 4.72. The molecule has 0 unspecified atom stereocenters. The Morgan fingerprint density at radius 2 is 2.40 bits per heavy atom. The van der Waals surface area contributed by atoms with Crippen LogP contribution in [0.3, 0.4) is 0 Å². The van der Waals surface area contributed by atoms with Crippen LogP contribution in [0.15, 0.2) is 12.4 Å². The summed E-state index contributed by atoms with van der Waals surface area (Å²) in [5, 5.41) is 8.51. The van der Waals surface area contributed by atoms with E-state index in [-0.39, 0.29) is 0 Å². The zero-order valence-electron chi connectivity index (χ0n) is 8.64. The molecule has 0 aliphatic rings. The number of nitrogens with one attached hydrogen (secondary N) is 1. The first-order valence-corrected chi connectivity index (χ1v) is 4.72. The molecule has 1 rings (SSSR count). The quantitative estimate of drug-likeness (QED) is 0.538. The van der Waals surface area contributed by atoms with E-state index in [0.29, 0.717) is 18.8 Å². The normalized spacial score (nSPS) is 9.40. The molecule has 6 nitrogen and oxygen atoms in total. The van der Waals surface area contributed by atoms with E-state index in [1.165, 1.54) is 0 Å². The van der Waals surface area contributed by atoms with Crippen molar-refractivity contribution in [1.29, 1.82) is 5.26 Å². The summed E-state index contributed by atoms with van der Waals surface area (Å²) < 4.78 is 0. The third-order valence-electron chi connectivity index (χ3n) is 1.97. The summed E-state index contributed by atoms with van der Waals surface area (Å²) in [5.74, 6) is 6.48. The lowest BCUT2D eigenvalue weighted by Crippen LogP contribution is -2.25. The van der Waals surface area contributed by atoms with E-state index in [2.05, 4.69) is 21.5 Å². The van der Waals surface area contributed by atoms with Gasteiger partial charge >= 0.3 is 0 Å². The lowest BCUT2D eigenvalue weighted by Gasteiger charge is -2.20. The van der Waals surface area contributed by atoms with Gasteiger partial charge in [-0.25, -0.2) is 10.8 Å². The Labute approximate surface area is 88.7 Å². The third-order valence-corrected chi connectivity index (χ3v) is 1.97. The van der Waals surface area contributed by atoms with Crippen molar-refractivity contribution in [3.8, 4) is 6.07 Å². The second kappa shape index (κ2) is 5.78. The van der Waals surface area contributed by atoms with Crippen LogP contribution in [-0.4, -0.2) is 23.1 Å². The molecule has 0 amide bonds. The molecule has 1 aromatic rings. The highest BCUT2D eigenvalue weighted by Gasteiger charge is 2.06. The fourth-order valence-corrected chi connectivity index (χ4v) is 1.20. The molecule has 0 aliphatic heterocycles. The zero-order valence-corrected chi connectivity index (χ0v) is 8.64. The highest BCUT2D eigenvalue weighted by atomic mass is 15.3. The Balaban J connectivity index is 2.77. The molecule has 3 N–H and O–H groups in total. The Kier molecular flexibility index (Phi) is 4.31. The van der Waals surface area contributed by atoms with E-state index < -0.39 is 0 Å². The average Bonchev–Trinajstić information content (AvgIpc) is 2.30. The summed E-state index contributed by atoms with van der Waals surface area (Å²) >= 11 is 0. The standard InChI is InChI=1S/C9H14N6/c1-2-15(5-3-4-10)9-7-12-6-8(13-9)14-11/h6-7H,2-3,5,11H2,1H3,(H,13,14). The van der Waals surface area contributed by atoms with Crippen molar-refractivity contribution in [2.45, 2.75) is 13.3 Å². The number of nitrogen functional groups attached to an aromatic ring is 1. The number of hydrogen-bond acceptors (Lipinski definition) is 6. The minimum atomic E-state index is 0.468. The number of nitriles is 1. The van der Waals surface area contributed by atoms with Crippen LogP contribution in [0.4, 0.5) is 11.6 Å². The Morgan fingerprint density at radius 3 is 3.00 bits per heavy atom. The van der Waals surface area contributed by atoms with Crippen molar-refractivity contribution in [2.75, 3.05) is 23.4 Å². The topological polar surface area (TPSA) is 90.9 Å². The predicted molar refractivity (Wildman–Crippen MR) is 58.0 cm³/mol. The summed E-state index contributed by atoms with van der Waals surface area (Å²) in [5.41, 5.74) is 2.44. The molecule has 0 radical (unpaired) electrons. The smallest absolute Gasteiger partial charge is 0.160 e. The SMILES string of the molecule is CCN(CCC#N)c1cncc(NN)n1. The summed E-state index contributed by atoms with van der Waals surface area (Å²) in [6.07, 6.45) is 3.67. The highest BCUT2D eigenvalue weighted by Crippen LogP contribution is 2.11. The molecular formula is C9H14N6. The Bertz CT molecular complexity index is 345. The maximum atomic E-state index is 8.51. The van der Waals surface area contributed by atoms with E-state index in [0.717, 1.165) is 12.4 Å². The van der Waals surface area contributed by atoms with Gasteiger partial charge in [0.25, 0.3) is 0 Å². The minimum absolute atomic E-state index is 0.468. The monoisotopic (exact) mass is 206 g/mol. The Hall–Kier alpha value is -1.87. The molecule has 1 aromatic heterocycles. The van der Waals surface area contributed by atoms with Crippen LogP contribution in [-0.2, 0) is 0 Å². The summed E-state index contributed by atoms with van der Waals surface area (Å²) in [6.45, 7) is 3.43. The molecule has 0 bridgehead atoms. The van der Waals surface area contributed by atoms with Crippen LogP contribution in [0.2, 0.25) is 0 Å². The minimum Gasteiger partial charge on any atom is -0.355 e. The number of aromatic nitrogens is 2. The van der Waals surface area contributed by atoms with Crippen LogP contribution in [0, 0.1) is 11.3 Å². The molecule has 0 aliphatic carbocycles. The van der Waals surface area contributed by atoms with E-state index in [1.54, 1.807) is 12.4 Å². The second-order valence-corrected chi connectivity index (χ2v) is 2.89. The highest BCUT2D eigenvalue weighted by molar-refractivity contribution is 5.43. The number of hydrazine groups is 1. The first kappa shape index (κ1) is 11.2. The summed E-state index contributed by atoms with van der Waals surface area (Å²) in [6, 6.07) is 2.10. The van der Waals surface area contributed by atoms with Gasteiger partial charge in [0, 0.05) is 13.1 Å². The molecule has 0 saturated heterocycles. The van der Waals surface area contributed by atoms with E-state index >= 15 is 0 Å². The zero-order chi connectivity index (χ0) is 11.1.